The summed E-state index contributed by atoms with van der Waals surface area (Å²) in [7, 11) is 0. The van der Waals surface area contributed by atoms with Crippen LogP contribution in [0.5, 0.6) is 0 Å². The maximum absolute atomic E-state index is 10.0. The Morgan fingerprint density at radius 1 is 0.792 bits per heavy atom. The van der Waals surface area contributed by atoms with Crippen LogP contribution >= 0.6 is 0 Å². The van der Waals surface area contributed by atoms with E-state index in [0.717, 1.165) is 13.8 Å². The second-order valence-electron chi connectivity index (χ2n) is 3.76. The molecular formula is C13H24O11. The minimum absolute atomic E-state index is 0.133. The van der Waals surface area contributed by atoms with Crippen molar-refractivity contribution in [3.8, 4) is 0 Å². The molecule has 0 radical (unpaired) electrons. The third-order valence-corrected chi connectivity index (χ3v) is 0.977. The van der Waals surface area contributed by atoms with Crippen molar-refractivity contribution in [2.75, 3.05) is 13.2 Å². The lowest BCUT2D eigenvalue weighted by atomic mass is 10.4. The van der Waals surface area contributed by atoms with E-state index in [-0.39, 0.29) is 13.2 Å². The number of carbonyl (C=O) groups is 5. The number of carboxylic acid groups (broad SMARTS) is 2. The van der Waals surface area contributed by atoms with Gasteiger partial charge in [0.05, 0.1) is 6.61 Å². The van der Waals surface area contributed by atoms with Gasteiger partial charge in [0.1, 0.15) is 12.7 Å². The van der Waals surface area contributed by atoms with Gasteiger partial charge < -0.3 is 29.9 Å². The number of aliphatic hydroxyl groups excluding tert-OH is 2. The van der Waals surface area contributed by atoms with Crippen LogP contribution in [0.4, 0.5) is 0 Å². The zero-order valence-electron chi connectivity index (χ0n) is 14.1. The van der Waals surface area contributed by atoms with E-state index in [1.54, 1.807) is 0 Å². The zero-order valence-corrected chi connectivity index (χ0v) is 14.1. The normalized spacial score (nSPS) is 9.12. The number of aliphatic carboxylic acids is 2. The average molecular weight is 356 g/mol. The second-order valence-corrected chi connectivity index (χ2v) is 3.76. The van der Waals surface area contributed by atoms with Crippen molar-refractivity contribution < 1.29 is 53.9 Å². The van der Waals surface area contributed by atoms with Crippen LogP contribution in [0.25, 0.3) is 0 Å². The molecule has 0 aromatic carbocycles. The van der Waals surface area contributed by atoms with E-state index in [1.165, 1.54) is 20.8 Å². The first-order valence-corrected chi connectivity index (χ1v) is 6.26. The molecule has 0 aliphatic rings. The molecule has 0 aliphatic heterocycles. The first-order valence-electron chi connectivity index (χ1n) is 6.26. The molecule has 0 aliphatic carbocycles. The standard InChI is InChI=1S/C5H10O4.C4H6O3.2C2H4O2/c1-4(7)9-3-5(8)2-6;1-3(5)7-4(2)6;2*1-2(3)4/h5-6,8H,2-3H2,1H3;1-2H3;2*1H3,(H,3,4). The quantitative estimate of drug-likeness (QED) is 0.365. The number of hydrogen-bond donors (Lipinski definition) is 4. The van der Waals surface area contributed by atoms with Gasteiger partial charge in [-0.2, -0.15) is 0 Å². The average Bonchev–Trinajstić information content (AvgIpc) is 2.33. The van der Waals surface area contributed by atoms with Gasteiger partial charge in [0, 0.05) is 34.6 Å². The van der Waals surface area contributed by atoms with Crippen molar-refractivity contribution in [3.63, 3.8) is 0 Å². The lowest BCUT2D eigenvalue weighted by molar-refractivity contribution is -0.156. The van der Waals surface area contributed by atoms with E-state index < -0.39 is 36.0 Å². The molecule has 11 heteroatoms. The summed E-state index contributed by atoms with van der Waals surface area (Å²) in [5.74, 6) is -3.25. The topological polar surface area (TPSA) is 185 Å². The lowest BCUT2D eigenvalue weighted by Gasteiger charge is -2.05. The molecule has 0 aromatic rings. The van der Waals surface area contributed by atoms with Gasteiger partial charge in [0.15, 0.2) is 0 Å². The van der Waals surface area contributed by atoms with Crippen molar-refractivity contribution >= 4 is 29.8 Å². The lowest BCUT2D eigenvalue weighted by Crippen LogP contribution is -2.20. The molecular weight excluding hydrogens is 332 g/mol. The summed E-state index contributed by atoms with van der Waals surface area (Å²) in [4.78, 5) is 47.7. The zero-order chi connectivity index (χ0) is 20.3. The van der Waals surface area contributed by atoms with Crippen molar-refractivity contribution in [3.05, 3.63) is 0 Å². The molecule has 142 valence electrons. The van der Waals surface area contributed by atoms with Crippen LogP contribution in [0.2, 0.25) is 0 Å². The van der Waals surface area contributed by atoms with Gasteiger partial charge in [0.25, 0.3) is 11.9 Å². The molecule has 0 fully saturated rings. The highest BCUT2D eigenvalue weighted by Crippen LogP contribution is 1.83. The highest BCUT2D eigenvalue weighted by atomic mass is 16.6. The molecule has 24 heavy (non-hydrogen) atoms. The molecule has 0 saturated heterocycles. The number of carbonyl (C=O) groups excluding carboxylic acids is 3. The minimum Gasteiger partial charge on any atom is -0.481 e. The van der Waals surface area contributed by atoms with Gasteiger partial charge in [-0.3, -0.25) is 24.0 Å². The van der Waals surface area contributed by atoms with Crippen molar-refractivity contribution in [2.24, 2.45) is 0 Å². The fourth-order valence-electron chi connectivity index (χ4n) is 0.469. The molecule has 0 rings (SSSR count). The maximum atomic E-state index is 10.0. The number of carboxylic acids is 2. The monoisotopic (exact) mass is 356 g/mol. The van der Waals surface area contributed by atoms with E-state index in [4.69, 9.17) is 30.0 Å². The van der Waals surface area contributed by atoms with Gasteiger partial charge in [0.2, 0.25) is 0 Å². The molecule has 0 bridgehead atoms. The van der Waals surface area contributed by atoms with Gasteiger partial charge in [-0.25, -0.2) is 0 Å². The summed E-state index contributed by atoms with van der Waals surface area (Å²) in [6.07, 6.45) is -0.950. The van der Waals surface area contributed by atoms with E-state index in [0.29, 0.717) is 0 Å². The highest BCUT2D eigenvalue weighted by molar-refractivity contribution is 5.82. The SMILES string of the molecule is CC(=O)O.CC(=O)O.CC(=O)OC(C)=O.CC(=O)OCC(O)CO. The number of ether oxygens (including phenoxy) is 2. The van der Waals surface area contributed by atoms with Gasteiger partial charge >= 0.3 is 17.9 Å². The Balaban J connectivity index is -0.000000119. The third kappa shape index (κ3) is 92.6. The summed E-state index contributed by atoms with van der Waals surface area (Å²) in [6.45, 7) is 5.26. The third-order valence-electron chi connectivity index (χ3n) is 0.977. The van der Waals surface area contributed by atoms with Crippen LogP contribution in [0, 0.1) is 0 Å². The Hall–Kier alpha value is -2.53. The maximum Gasteiger partial charge on any atom is 0.310 e. The molecule has 0 saturated carbocycles. The number of rotatable bonds is 3. The Morgan fingerprint density at radius 2 is 1.08 bits per heavy atom. The Bertz CT molecular complexity index is 357. The summed E-state index contributed by atoms with van der Waals surface area (Å²) in [5.41, 5.74) is 0. The number of aliphatic hydroxyl groups is 2. The van der Waals surface area contributed by atoms with E-state index in [9.17, 15) is 14.4 Å². The highest BCUT2D eigenvalue weighted by Gasteiger charge is 2.02. The minimum atomic E-state index is -0.950. The molecule has 11 nitrogen and oxygen atoms in total. The number of hydrogen-bond acceptors (Lipinski definition) is 9. The number of esters is 3. The molecule has 0 aromatic heterocycles. The molecule has 0 spiro atoms. The van der Waals surface area contributed by atoms with E-state index >= 15 is 0 Å². The van der Waals surface area contributed by atoms with E-state index in [1.807, 2.05) is 0 Å². The predicted octanol–water partition coefficient (Wildman–Crippen LogP) is -0.819. The summed E-state index contributed by atoms with van der Waals surface area (Å²) < 4.78 is 8.32. The Labute approximate surface area is 138 Å². The van der Waals surface area contributed by atoms with Crippen LogP contribution in [-0.4, -0.2) is 69.6 Å². The van der Waals surface area contributed by atoms with Gasteiger partial charge in [-0.15, -0.1) is 0 Å². The van der Waals surface area contributed by atoms with Crippen LogP contribution in [-0.2, 0) is 33.4 Å². The first-order chi connectivity index (χ1) is 10.8. The molecule has 4 N–H and O–H groups in total. The fraction of sp³-hybridized carbons (Fsp3) is 0.615. The molecule has 0 amide bonds. The fourth-order valence-corrected chi connectivity index (χ4v) is 0.469. The van der Waals surface area contributed by atoms with Crippen molar-refractivity contribution in [2.45, 2.75) is 40.7 Å². The van der Waals surface area contributed by atoms with Crippen molar-refractivity contribution in [1.29, 1.82) is 0 Å². The van der Waals surface area contributed by atoms with E-state index in [2.05, 4.69) is 9.47 Å². The molecule has 1 unspecified atom stereocenters. The van der Waals surface area contributed by atoms with Crippen LogP contribution in [0.15, 0.2) is 0 Å². The van der Waals surface area contributed by atoms with Crippen LogP contribution in [0.1, 0.15) is 34.6 Å². The molecule has 1 atom stereocenters. The largest absolute Gasteiger partial charge is 0.481 e. The summed E-state index contributed by atoms with van der Waals surface area (Å²) >= 11 is 0. The second kappa shape index (κ2) is 20.5. The Kier molecular flexibility index (Phi) is 25.1. The van der Waals surface area contributed by atoms with Gasteiger partial charge in [-0.1, -0.05) is 0 Å². The first kappa shape index (κ1) is 29.5. The van der Waals surface area contributed by atoms with Crippen LogP contribution < -0.4 is 0 Å². The summed E-state index contributed by atoms with van der Waals surface area (Å²) in [5, 5.41) is 31.6. The summed E-state index contributed by atoms with van der Waals surface area (Å²) in [6, 6.07) is 0. The van der Waals surface area contributed by atoms with Gasteiger partial charge in [-0.05, 0) is 0 Å². The predicted molar refractivity (Wildman–Crippen MR) is 78.8 cm³/mol. The Morgan fingerprint density at radius 3 is 1.21 bits per heavy atom. The smallest absolute Gasteiger partial charge is 0.310 e. The molecule has 0 heterocycles. The van der Waals surface area contributed by atoms with Crippen molar-refractivity contribution in [1.82, 2.24) is 0 Å². The van der Waals surface area contributed by atoms with Crippen LogP contribution in [0.3, 0.4) is 0 Å².